The Hall–Kier alpha value is -3.49. The quantitative estimate of drug-likeness (QED) is 0.582. The van der Waals surface area contributed by atoms with E-state index in [4.69, 9.17) is 0 Å². The van der Waals surface area contributed by atoms with E-state index in [2.05, 4.69) is 21.0 Å². The molecule has 3 amide bonds. The van der Waals surface area contributed by atoms with E-state index in [9.17, 15) is 19.2 Å². The van der Waals surface area contributed by atoms with Gasteiger partial charge in [-0.15, -0.1) is 0 Å². The minimum absolute atomic E-state index is 0.186. The molecule has 0 saturated carbocycles. The molecule has 3 N–H and O–H groups in total. The van der Waals surface area contributed by atoms with E-state index in [1.807, 2.05) is 0 Å². The van der Waals surface area contributed by atoms with Crippen LogP contribution in [0.15, 0.2) is 35.1 Å². The van der Waals surface area contributed by atoms with Gasteiger partial charge in [0.15, 0.2) is 0 Å². The Bertz CT molecular complexity index is 1010. The van der Waals surface area contributed by atoms with Gasteiger partial charge in [-0.05, 0) is 56.0 Å². The molecule has 3 rings (SSSR count). The molecule has 0 saturated heterocycles. The molecule has 1 aliphatic carbocycles. The number of hydrogen-bond acceptors (Lipinski definition) is 5. The van der Waals surface area contributed by atoms with Gasteiger partial charge in [0.2, 0.25) is 11.8 Å². The summed E-state index contributed by atoms with van der Waals surface area (Å²) in [5, 5.41) is 12.4. The predicted molar refractivity (Wildman–Crippen MR) is 111 cm³/mol. The monoisotopic (exact) mass is 411 g/mol. The minimum Gasteiger partial charge on any atom is -0.352 e. The van der Waals surface area contributed by atoms with E-state index in [0.29, 0.717) is 11.3 Å². The average molecular weight is 411 g/mol. The summed E-state index contributed by atoms with van der Waals surface area (Å²) >= 11 is 0. The van der Waals surface area contributed by atoms with Gasteiger partial charge in [0.05, 0.1) is 5.69 Å². The molecule has 1 atom stereocenters. The summed E-state index contributed by atoms with van der Waals surface area (Å²) in [5.41, 5.74) is 2.62. The molecular formula is C21H25N5O4. The largest absolute Gasteiger partial charge is 0.352 e. The highest BCUT2D eigenvalue weighted by Crippen LogP contribution is 2.18. The highest BCUT2D eigenvalue weighted by atomic mass is 16.2. The molecule has 0 fully saturated rings. The number of rotatable bonds is 7. The zero-order valence-electron chi connectivity index (χ0n) is 17.0. The van der Waals surface area contributed by atoms with Crippen LogP contribution in [0, 0.1) is 0 Å². The van der Waals surface area contributed by atoms with Gasteiger partial charge in [0.1, 0.15) is 6.04 Å². The fourth-order valence-corrected chi connectivity index (χ4v) is 3.32. The lowest BCUT2D eigenvalue weighted by atomic mass is 10.2. The molecule has 1 heterocycles. The Kier molecular flexibility index (Phi) is 6.61. The van der Waals surface area contributed by atoms with Crippen molar-refractivity contribution in [3.05, 3.63) is 57.5 Å². The third-order valence-electron chi connectivity index (χ3n) is 4.91. The van der Waals surface area contributed by atoms with Crippen molar-refractivity contribution in [2.24, 2.45) is 0 Å². The van der Waals surface area contributed by atoms with E-state index in [-0.39, 0.29) is 36.4 Å². The average Bonchev–Trinajstić information content (AvgIpc) is 3.17. The van der Waals surface area contributed by atoms with Crippen molar-refractivity contribution < 1.29 is 14.4 Å². The van der Waals surface area contributed by atoms with Crippen LogP contribution in [0.4, 0.5) is 5.69 Å². The van der Waals surface area contributed by atoms with Crippen LogP contribution in [-0.4, -0.2) is 40.6 Å². The predicted octanol–water partition coefficient (Wildman–Crippen LogP) is 0.798. The first-order valence-corrected chi connectivity index (χ1v) is 9.90. The third-order valence-corrected chi connectivity index (χ3v) is 4.91. The number of carbonyl (C=O) groups is 3. The van der Waals surface area contributed by atoms with Gasteiger partial charge in [-0.25, -0.2) is 4.68 Å². The van der Waals surface area contributed by atoms with Crippen LogP contribution in [-0.2, 0) is 22.4 Å². The third kappa shape index (κ3) is 5.11. The van der Waals surface area contributed by atoms with E-state index < -0.39 is 6.04 Å². The van der Waals surface area contributed by atoms with Gasteiger partial charge in [-0.2, -0.15) is 5.10 Å². The molecule has 0 radical (unpaired) electrons. The number of carbonyl (C=O) groups excluding carboxylic acids is 3. The van der Waals surface area contributed by atoms with Gasteiger partial charge >= 0.3 is 0 Å². The molecule has 2 aromatic rings. The first-order valence-electron chi connectivity index (χ1n) is 9.90. The standard InChI is InChI=1S/C21H25N5O4/c1-13(26-19(28)12-16-4-3-5-18(16)25-26)20(29)22-10-11-23-21(30)15-6-8-17(9-7-15)24-14(2)27/h6-9,12-13H,3-5,10-11H2,1-2H3,(H,22,29)(H,23,30)(H,24,27). The summed E-state index contributed by atoms with van der Waals surface area (Å²) in [6.07, 6.45) is 2.65. The van der Waals surface area contributed by atoms with Crippen LogP contribution in [0.3, 0.4) is 0 Å². The SMILES string of the molecule is CC(=O)Nc1ccc(C(=O)NCCNC(=O)C(C)n2nc3c(cc2=O)CCC3)cc1. The second-order valence-electron chi connectivity index (χ2n) is 7.23. The second kappa shape index (κ2) is 9.34. The van der Waals surface area contributed by atoms with Crippen molar-refractivity contribution in [3.63, 3.8) is 0 Å². The molecule has 158 valence electrons. The molecule has 9 heteroatoms. The first kappa shape index (κ1) is 21.2. The van der Waals surface area contributed by atoms with Crippen molar-refractivity contribution in [1.82, 2.24) is 20.4 Å². The minimum atomic E-state index is -0.736. The molecule has 0 aliphatic heterocycles. The van der Waals surface area contributed by atoms with Crippen LogP contribution < -0.4 is 21.5 Å². The molecule has 0 spiro atoms. The van der Waals surface area contributed by atoms with Gasteiger partial charge in [0.25, 0.3) is 11.5 Å². The number of amides is 3. The van der Waals surface area contributed by atoms with Crippen LogP contribution in [0.1, 0.15) is 47.9 Å². The lowest BCUT2D eigenvalue weighted by Gasteiger charge is -2.15. The highest BCUT2D eigenvalue weighted by molar-refractivity contribution is 5.95. The zero-order valence-corrected chi connectivity index (χ0v) is 17.0. The van der Waals surface area contributed by atoms with E-state index in [1.54, 1.807) is 37.3 Å². The Balaban J connectivity index is 1.47. The number of nitrogens with one attached hydrogen (secondary N) is 3. The maximum Gasteiger partial charge on any atom is 0.267 e. The first-order chi connectivity index (χ1) is 14.3. The molecule has 9 nitrogen and oxygen atoms in total. The maximum atomic E-state index is 12.4. The second-order valence-corrected chi connectivity index (χ2v) is 7.23. The lowest BCUT2D eigenvalue weighted by Crippen LogP contribution is -2.40. The topological polar surface area (TPSA) is 122 Å². The van der Waals surface area contributed by atoms with Gasteiger partial charge in [-0.3, -0.25) is 19.2 Å². The number of hydrogen-bond donors (Lipinski definition) is 3. The fourth-order valence-electron chi connectivity index (χ4n) is 3.32. The normalized spacial score (nSPS) is 13.3. The summed E-state index contributed by atoms with van der Waals surface area (Å²) in [6.45, 7) is 3.49. The molecule has 1 aromatic carbocycles. The molecule has 30 heavy (non-hydrogen) atoms. The van der Waals surface area contributed by atoms with Crippen molar-refractivity contribution in [1.29, 1.82) is 0 Å². The van der Waals surface area contributed by atoms with Crippen molar-refractivity contribution in [2.45, 2.75) is 39.2 Å². The van der Waals surface area contributed by atoms with Gasteiger partial charge in [-0.1, -0.05) is 0 Å². The Morgan fingerprint density at radius 1 is 1.10 bits per heavy atom. The summed E-state index contributed by atoms with van der Waals surface area (Å²) in [5.74, 6) is -0.811. The molecule has 0 bridgehead atoms. The Morgan fingerprint density at radius 3 is 2.50 bits per heavy atom. The molecule has 1 aliphatic rings. The number of benzene rings is 1. The molecular weight excluding hydrogens is 386 g/mol. The van der Waals surface area contributed by atoms with Crippen LogP contribution in [0.25, 0.3) is 0 Å². The smallest absolute Gasteiger partial charge is 0.267 e. The maximum absolute atomic E-state index is 12.4. The van der Waals surface area contributed by atoms with Gasteiger partial charge in [0, 0.05) is 37.3 Å². The fraction of sp³-hybridized carbons (Fsp3) is 0.381. The number of fused-ring (bicyclic) bond motifs is 1. The van der Waals surface area contributed by atoms with Crippen LogP contribution >= 0.6 is 0 Å². The molecule has 1 unspecified atom stereocenters. The number of aryl methyl sites for hydroxylation is 2. The Labute approximate surface area is 173 Å². The van der Waals surface area contributed by atoms with Crippen molar-refractivity contribution in [3.8, 4) is 0 Å². The summed E-state index contributed by atoms with van der Waals surface area (Å²) in [6, 6.07) is 7.32. The highest BCUT2D eigenvalue weighted by Gasteiger charge is 2.21. The molecule has 1 aromatic heterocycles. The van der Waals surface area contributed by atoms with E-state index in [0.717, 1.165) is 30.5 Å². The van der Waals surface area contributed by atoms with Crippen molar-refractivity contribution >= 4 is 23.4 Å². The number of nitrogens with zero attached hydrogens (tertiary/aromatic N) is 2. The van der Waals surface area contributed by atoms with Crippen LogP contribution in [0.5, 0.6) is 0 Å². The zero-order chi connectivity index (χ0) is 21.7. The van der Waals surface area contributed by atoms with Crippen LogP contribution in [0.2, 0.25) is 0 Å². The summed E-state index contributed by atoms with van der Waals surface area (Å²) < 4.78 is 1.22. The number of anilines is 1. The lowest BCUT2D eigenvalue weighted by molar-refractivity contribution is -0.124. The van der Waals surface area contributed by atoms with E-state index in [1.165, 1.54) is 11.6 Å². The van der Waals surface area contributed by atoms with Gasteiger partial charge < -0.3 is 16.0 Å². The number of aromatic nitrogens is 2. The Morgan fingerprint density at radius 2 is 1.80 bits per heavy atom. The summed E-state index contributed by atoms with van der Waals surface area (Å²) in [4.78, 5) is 47.8. The van der Waals surface area contributed by atoms with Crippen molar-refractivity contribution in [2.75, 3.05) is 18.4 Å². The van der Waals surface area contributed by atoms with E-state index >= 15 is 0 Å². The summed E-state index contributed by atoms with van der Waals surface area (Å²) in [7, 11) is 0.